The quantitative estimate of drug-likeness (QED) is 0.593. The minimum Gasteiger partial charge on any atom is -0.0622 e. The van der Waals surface area contributed by atoms with E-state index < -0.39 is 0 Å². The van der Waals surface area contributed by atoms with Crippen LogP contribution in [0.3, 0.4) is 0 Å². The third-order valence-electron chi connectivity index (χ3n) is 2.97. The van der Waals surface area contributed by atoms with E-state index >= 15 is 0 Å². The first-order chi connectivity index (χ1) is 7.30. The lowest BCUT2D eigenvalue weighted by Gasteiger charge is -2.05. The normalized spacial score (nSPS) is 15.7. The molecule has 0 nitrogen and oxygen atoms in total. The van der Waals surface area contributed by atoms with E-state index in [2.05, 4.69) is 38.1 Å². The van der Waals surface area contributed by atoms with Crippen molar-refractivity contribution in [2.45, 2.75) is 58.3 Å². The van der Waals surface area contributed by atoms with Crippen molar-refractivity contribution in [2.24, 2.45) is 0 Å². The van der Waals surface area contributed by atoms with Crippen LogP contribution in [0.25, 0.3) is 0 Å². The minimum absolute atomic E-state index is 0.659. The SMILES string of the molecule is C1CCCCC1.CC(C)c1ccccc1. The van der Waals surface area contributed by atoms with Crippen molar-refractivity contribution in [2.75, 3.05) is 0 Å². The van der Waals surface area contributed by atoms with Crippen molar-refractivity contribution < 1.29 is 0 Å². The molecule has 2 rings (SSSR count). The van der Waals surface area contributed by atoms with Crippen LogP contribution in [-0.4, -0.2) is 0 Å². The van der Waals surface area contributed by atoms with Gasteiger partial charge in [0.2, 0.25) is 0 Å². The Balaban J connectivity index is 0.000000162. The van der Waals surface area contributed by atoms with Crippen LogP contribution in [0, 0.1) is 0 Å². The molecule has 0 aromatic heterocycles. The zero-order valence-corrected chi connectivity index (χ0v) is 10.2. The van der Waals surface area contributed by atoms with Gasteiger partial charge in [-0.15, -0.1) is 0 Å². The molecule has 0 aliphatic heterocycles. The first-order valence-corrected chi connectivity index (χ1v) is 6.35. The van der Waals surface area contributed by atoms with E-state index in [-0.39, 0.29) is 0 Å². The smallest absolute Gasteiger partial charge is 0.0219 e. The van der Waals surface area contributed by atoms with Crippen molar-refractivity contribution in [1.82, 2.24) is 0 Å². The van der Waals surface area contributed by atoms with Gasteiger partial charge >= 0.3 is 0 Å². The molecular weight excluding hydrogens is 180 g/mol. The van der Waals surface area contributed by atoms with Gasteiger partial charge in [0, 0.05) is 0 Å². The van der Waals surface area contributed by atoms with E-state index in [0.29, 0.717) is 5.92 Å². The fourth-order valence-electron chi connectivity index (χ4n) is 1.90. The van der Waals surface area contributed by atoms with E-state index in [1.54, 1.807) is 0 Å². The van der Waals surface area contributed by atoms with E-state index in [4.69, 9.17) is 0 Å². The summed E-state index contributed by atoms with van der Waals surface area (Å²) in [4.78, 5) is 0. The summed E-state index contributed by atoms with van der Waals surface area (Å²) < 4.78 is 0. The van der Waals surface area contributed by atoms with Crippen LogP contribution in [0.5, 0.6) is 0 Å². The van der Waals surface area contributed by atoms with Crippen molar-refractivity contribution in [3.63, 3.8) is 0 Å². The second-order valence-corrected chi connectivity index (χ2v) is 4.69. The molecule has 1 aromatic carbocycles. The van der Waals surface area contributed by atoms with Gasteiger partial charge in [-0.3, -0.25) is 0 Å². The predicted molar refractivity (Wildman–Crippen MR) is 68.2 cm³/mol. The summed E-state index contributed by atoms with van der Waals surface area (Å²) in [7, 11) is 0. The molecule has 0 heteroatoms. The standard InChI is InChI=1S/C9H12.C6H12/c1-8(2)9-6-4-3-5-7-9;1-2-4-6-5-3-1/h3-8H,1-2H3;1-6H2. The van der Waals surface area contributed by atoms with Crippen molar-refractivity contribution in [3.8, 4) is 0 Å². The Kier molecular flexibility index (Phi) is 6.15. The molecule has 0 saturated heterocycles. The summed E-state index contributed by atoms with van der Waals surface area (Å²) in [5, 5.41) is 0. The van der Waals surface area contributed by atoms with Gasteiger partial charge in [0.15, 0.2) is 0 Å². The van der Waals surface area contributed by atoms with Gasteiger partial charge in [0.05, 0.1) is 0 Å². The average Bonchev–Trinajstić information content (AvgIpc) is 2.33. The molecular formula is C15H24. The fraction of sp³-hybridized carbons (Fsp3) is 0.600. The maximum atomic E-state index is 2.20. The summed E-state index contributed by atoms with van der Waals surface area (Å²) in [6.45, 7) is 4.41. The van der Waals surface area contributed by atoms with Crippen molar-refractivity contribution in [1.29, 1.82) is 0 Å². The third-order valence-corrected chi connectivity index (χ3v) is 2.97. The van der Waals surface area contributed by atoms with Crippen LogP contribution in [0.1, 0.15) is 63.9 Å². The van der Waals surface area contributed by atoms with Crippen LogP contribution in [-0.2, 0) is 0 Å². The molecule has 0 heterocycles. The highest BCUT2D eigenvalue weighted by atomic mass is 14.0. The maximum Gasteiger partial charge on any atom is -0.0219 e. The molecule has 84 valence electrons. The molecule has 1 fully saturated rings. The monoisotopic (exact) mass is 204 g/mol. The van der Waals surface area contributed by atoms with Crippen LogP contribution in [0.15, 0.2) is 30.3 Å². The molecule has 0 bridgehead atoms. The third kappa shape index (κ3) is 5.61. The Hall–Kier alpha value is -0.780. The second-order valence-electron chi connectivity index (χ2n) is 4.69. The molecule has 0 spiro atoms. The number of benzene rings is 1. The highest BCUT2D eigenvalue weighted by molar-refractivity contribution is 5.17. The molecule has 0 unspecified atom stereocenters. The van der Waals surface area contributed by atoms with Gasteiger partial charge in [-0.1, -0.05) is 82.7 Å². The summed E-state index contributed by atoms with van der Waals surface area (Å²) >= 11 is 0. The molecule has 0 radical (unpaired) electrons. The molecule has 0 amide bonds. The molecule has 1 aromatic rings. The van der Waals surface area contributed by atoms with E-state index in [1.165, 1.54) is 44.1 Å². The zero-order chi connectivity index (χ0) is 10.9. The van der Waals surface area contributed by atoms with Gasteiger partial charge < -0.3 is 0 Å². The molecule has 1 saturated carbocycles. The maximum absolute atomic E-state index is 2.20. The lowest BCUT2D eigenvalue weighted by atomic mass is 10.0. The Labute approximate surface area is 94.7 Å². The topological polar surface area (TPSA) is 0 Å². The number of rotatable bonds is 1. The second kappa shape index (κ2) is 7.50. The minimum atomic E-state index is 0.659. The average molecular weight is 204 g/mol. The number of hydrogen-bond donors (Lipinski definition) is 0. The molecule has 0 N–H and O–H groups in total. The molecule has 1 aliphatic rings. The zero-order valence-electron chi connectivity index (χ0n) is 10.2. The van der Waals surface area contributed by atoms with Crippen LogP contribution >= 0.6 is 0 Å². The van der Waals surface area contributed by atoms with Gasteiger partial charge in [-0.05, 0) is 11.5 Å². The first kappa shape index (κ1) is 12.3. The van der Waals surface area contributed by atoms with E-state index in [9.17, 15) is 0 Å². The predicted octanol–water partition coefficient (Wildman–Crippen LogP) is 5.15. The van der Waals surface area contributed by atoms with Gasteiger partial charge in [0.1, 0.15) is 0 Å². The first-order valence-electron chi connectivity index (χ1n) is 6.35. The van der Waals surface area contributed by atoms with Crippen molar-refractivity contribution >= 4 is 0 Å². The van der Waals surface area contributed by atoms with E-state index in [1.807, 2.05) is 6.07 Å². The van der Waals surface area contributed by atoms with E-state index in [0.717, 1.165) is 0 Å². The fourth-order valence-corrected chi connectivity index (χ4v) is 1.90. The Bertz CT molecular complexity index is 220. The summed E-state index contributed by atoms with van der Waals surface area (Å²) in [5.74, 6) is 0.659. The van der Waals surface area contributed by atoms with Gasteiger partial charge in [-0.25, -0.2) is 0 Å². The molecule has 15 heavy (non-hydrogen) atoms. The highest BCUT2D eigenvalue weighted by Gasteiger charge is 1.95. The van der Waals surface area contributed by atoms with Crippen molar-refractivity contribution in [3.05, 3.63) is 35.9 Å². The lowest BCUT2D eigenvalue weighted by Crippen LogP contribution is -1.85. The summed E-state index contributed by atoms with van der Waals surface area (Å²) in [6, 6.07) is 10.5. The van der Waals surface area contributed by atoms with Crippen LogP contribution < -0.4 is 0 Å². The lowest BCUT2D eigenvalue weighted by molar-refractivity contribution is 0.504. The number of hydrogen-bond acceptors (Lipinski definition) is 0. The Morgan fingerprint density at radius 3 is 1.40 bits per heavy atom. The summed E-state index contributed by atoms with van der Waals surface area (Å²) in [5.41, 5.74) is 1.41. The Morgan fingerprint density at radius 2 is 1.13 bits per heavy atom. The van der Waals surface area contributed by atoms with Gasteiger partial charge in [-0.2, -0.15) is 0 Å². The molecule has 0 atom stereocenters. The van der Waals surface area contributed by atoms with Crippen LogP contribution in [0.4, 0.5) is 0 Å². The molecule has 1 aliphatic carbocycles. The van der Waals surface area contributed by atoms with Gasteiger partial charge in [0.25, 0.3) is 0 Å². The summed E-state index contributed by atoms with van der Waals surface area (Å²) in [6.07, 6.45) is 9.00. The largest absolute Gasteiger partial charge is 0.0622 e. The van der Waals surface area contributed by atoms with Crippen LogP contribution in [0.2, 0.25) is 0 Å². The Morgan fingerprint density at radius 1 is 0.733 bits per heavy atom. The highest BCUT2D eigenvalue weighted by Crippen LogP contribution is 2.15.